The number of anilines is 1. The van der Waals surface area contributed by atoms with Crippen molar-refractivity contribution in [3.05, 3.63) is 58.3 Å². The highest BCUT2D eigenvalue weighted by molar-refractivity contribution is 7.09. The van der Waals surface area contributed by atoms with Crippen molar-refractivity contribution in [3.63, 3.8) is 0 Å². The zero-order chi connectivity index (χ0) is 13.1. The monoisotopic (exact) mass is 290 g/mol. The van der Waals surface area contributed by atoms with Crippen molar-refractivity contribution < 1.29 is 0 Å². The van der Waals surface area contributed by atoms with Gasteiger partial charge in [0.15, 0.2) is 0 Å². The van der Waals surface area contributed by atoms with Crippen LogP contribution in [0.2, 0.25) is 5.02 Å². The van der Waals surface area contributed by atoms with Crippen LogP contribution in [-0.4, -0.2) is 14.8 Å². The van der Waals surface area contributed by atoms with E-state index < -0.39 is 0 Å². The number of benzene rings is 1. The topological polar surface area (TPSA) is 42.7 Å². The minimum Gasteiger partial charge on any atom is -0.378 e. The Kier molecular flexibility index (Phi) is 3.48. The van der Waals surface area contributed by atoms with E-state index in [0.717, 1.165) is 17.9 Å². The van der Waals surface area contributed by atoms with Crippen LogP contribution in [0.4, 0.5) is 5.69 Å². The summed E-state index contributed by atoms with van der Waals surface area (Å²) in [4.78, 5) is 5.23. The van der Waals surface area contributed by atoms with Gasteiger partial charge in [-0.3, -0.25) is 0 Å². The van der Waals surface area contributed by atoms with E-state index in [1.807, 2.05) is 24.3 Å². The number of hydrogen-bond acceptors (Lipinski definition) is 4. The second kappa shape index (κ2) is 5.42. The third-order valence-corrected chi connectivity index (χ3v) is 3.77. The first-order chi connectivity index (χ1) is 9.33. The maximum atomic E-state index is 6.06. The van der Waals surface area contributed by atoms with Gasteiger partial charge in [-0.05, 0) is 29.6 Å². The number of rotatable bonds is 4. The lowest BCUT2D eigenvalue weighted by Gasteiger charge is -2.11. The molecule has 0 amide bonds. The van der Waals surface area contributed by atoms with Gasteiger partial charge in [0.05, 0.1) is 11.4 Å². The molecule has 3 aromatic rings. The fourth-order valence-corrected chi connectivity index (χ4v) is 2.59. The largest absolute Gasteiger partial charge is 0.378 e. The van der Waals surface area contributed by atoms with E-state index in [9.17, 15) is 0 Å². The lowest BCUT2D eigenvalue weighted by Crippen LogP contribution is -2.04. The second-order valence-corrected chi connectivity index (χ2v) is 5.40. The van der Waals surface area contributed by atoms with Crippen molar-refractivity contribution in [2.24, 2.45) is 0 Å². The molecule has 2 aromatic heterocycles. The lowest BCUT2D eigenvalue weighted by molar-refractivity contribution is 0.878. The van der Waals surface area contributed by atoms with E-state index in [1.165, 1.54) is 11.2 Å². The van der Waals surface area contributed by atoms with Crippen LogP contribution >= 0.6 is 22.9 Å². The van der Waals surface area contributed by atoms with Crippen LogP contribution in [0.15, 0.2) is 48.4 Å². The highest BCUT2D eigenvalue weighted by Crippen LogP contribution is 2.24. The zero-order valence-electron chi connectivity index (χ0n) is 9.95. The zero-order valence-corrected chi connectivity index (χ0v) is 11.5. The first kappa shape index (κ1) is 12.2. The van der Waals surface area contributed by atoms with Gasteiger partial charge in [0, 0.05) is 16.4 Å². The van der Waals surface area contributed by atoms with Crippen molar-refractivity contribution in [3.8, 4) is 5.69 Å². The van der Waals surface area contributed by atoms with Crippen LogP contribution in [0.5, 0.6) is 0 Å². The number of halogens is 1. The quantitative estimate of drug-likeness (QED) is 0.798. The number of thiophene rings is 1. The van der Waals surface area contributed by atoms with E-state index in [1.54, 1.807) is 22.3 Å². The van der Waals surface area contributed by atoms with Gasteiger partial charge in [0.2, 0.25) is 0 Å². The summed E-state index contributed by atoms with van der Waals surface area (Å²) in [6.07, 6.45) is 3.18. The molecule has 1 aromatic carbocycles. The SMILES string of the molecule is Clc1ccc(-n2cncn2)c(NCc2cccs2)c1. The molecule has 0 atom stereocenters. The maximum Gasteiger partial charge on any atom is 0.138 e. The molecule has 0 aliphatic carbocycles. The van der Waals surface area contributed by atoms with Crippen molar-refractivity contribution in [2.45, 2.75) is 6.54 Å². The van der Waals surface area contributed by atoms with Gasteiger partial charge in [-0.15, -0.1) is 11.3 Å². The molecule has 0 aliphatic heterocycles. The first-order valence-electron chi connectivity index (χ1n) is 5.74. The van der Waals surface area contributed by atoms with Crippen LogP contribution < -0.4 is 5.32 Å². The van der Waals surface area contributed by atoms with E-state index in [4.69, 9.17) is 11.6 Å². The third kappa shape index (κ3) is 2.77. The molecule has 6 heteroatoms. The Bertz CT molecular complexity index is 649. The number of nitrogens with one attached hydrogen (secondary N) is 1. The van der Waals surface area contributed by atoms with Crippen LogP contribution in [0, 0.1) is 0 Å². The number of aromatic nitrogens is 3. The molecule has 0 spiro atoms. The highest BCUT2D eigenvalue weighted by atomic mass is 35.5. The summed E-state index contributed by atoms with van der Waals surface area (Å²) in [6.45, 7) is 0.764. The molecule has 2 heterocycles. The van der Waals surface area contributed by atoms with Crippen LogP contribution in [0.3, 0.4) is 0 Å². The average Bonchev–Trinajstić information content (AvgIpc) is 3.10. The molecule has 0 saturated carbocycles. The molecule has 0 radical (unpaired) electrons. The van der Waals surface area contributed by atoms with Gasteiger partial charge in [-0.1, -0.05) is 17.7 Å². The molecular formula is C13H11ClN4S. The van der Waals surface area contributed by atoms with Crippen molar-refractivity contribution in [1.29, 1.82) is 0 Å². The van der Waals surface area contributed by atoms with E-state index in [0.29, 0.717) is 5.02 Å². The maximum absolute atomic E-state index is 6.06. The van der Waals surface area contributed by atoms with Crippen molar-refractivity contribution >= 4 is 28.6 Å². The molecule has 1 N–H and O–H groups in total. The third-order valence-electron chi connectivity index (χ3n) is 2.66. The molecular weight excluding hydrogens is 280 g/mol. The van der Waals surface area contributed by atoms with Gasteiger partial charge in [-0.25, -0.2) is 9.67 Å². The normalized spacial score (nSPS) is 10.6. The Balaban J connectivity index is 1.88. The van der Waals surface area contributed by atoms with Crippen LogP contribution in [0.25, 0.3) is 5.69 Å². The molecule has 4 nitrogen and oxygen atoms in total. The fourth-order valence-electron chi connectivity index (χ4n) is 1.78. The van der Waals surface area contributed by atoms with Crippen LogP contribution in [0.1, 0.15) is 4.88 Å². The van der Waals surface area contributed by atoms with Gasteiger partial charge >= 0.3 is 0 Å². The Labute approximate surface area is 119 Å². The highest BCUT2D eigenvalue weighted by Gasteiger charge is 2.06. The first-order valence-corrected chi connectivity index (χ1v) is 6.99. The summed E-state index contributed by atoms with van der Waals surface area (Å²) in [7, 11) is 0. The molecule has 0 saturated heterocycles. The molecule has 0 unspecified atom stereocenters. The molecule has 0 bridgehead atoms. The Morgan fingerprint density at radius 1 is 1.32 bits per heavy atom. The predicted octanol–water partition coefficient (Wildman–Crippen LogP) is 3.59. The Hall–Kier alpha value is -1.85. The van der Waals surface area contributed by atoms with E-state index >= 15 is 0 Å². The predicted molar refractivity (Wildman–Crippen MR) is 78.0 cm³/mol. The smallest absolute Gasteiger partial charge is 0.138 e. The Morgan fingerprint density at radius 2 is 2.26 bits per heavy atom. The van der Waals surface area contributed by atoms with E-state index in [2.05, 4.69) is 26.8 Å². The Morgan fingerprint density at radius 3 is 3.00 bits per heavy atom. The number of hydrogen-bond donors (Lipinski definition) is 1. The molecule has 0 aliphatic rings. The summed E-state index contributed by atoms with van der Waals surface area (Å²) in [5, 5.41) is 10.3. The minimum absolute atomic E-state index is 0.692. The summed E-state index contributed by atoms with van der Waals surface area (Å²) in [5.41, 5.74) is 1.87. The second-order valence-electron chi connectivity index (χ2n) is 3.93. The summed E-state index contributed by atoms with van der Waals surface area (Å²) in [5.74, 6) is 0. The summed E-state index contributed by atoms with van der Waals surface area (Å²) in [6, 6.07) is 9.80. The molecule has 19 heavy (non-hydrogen) atoms. The summed E-state index contributed by atoms with van der Waals surface area (Å²) >= 11 is 7.78. The van der Waals surface area contributed by atoms with Crippen LogP contribution in [-0.2, 0) is 6.54 Å². The van der Waals surface area contributed by atoms with Gasteiger partial charge in [0.1, 0.15) is 12.7 Å². The minimum atomic E-state index is 0.692. The molecule has 96 valence electrons. The van der Waals surface area contributed by atoms with Gasteiger partial charge < -0.3 is 5.32 Å². The van der Waals surface area contributed by atoms with Crippen molar-refractivity contribution in [1.82, 2.24) is 14.8 Å². The standard InChI is InChI=1S/C13H11ClN4S/c14-10-3-4-13(18-9-15-8-17-18)12(6-10)16-7-11-2-1-5-19-11/h1-6,8-9,16H,7H2. The molecule has 3 rings (SSSR count). The average molecular weight is 291 g/mol. The molecule has 0 fully saturated rings. The van der Waals surface area contributed by atoms with Crippen molar-refractivity contribution in [2.75, 3.05) is 5.32 Å². The van der Waals surface area contributed by atoms with Gasteiger partial charge in [-0.2, -0.15) is 5.10 Å². The number of nitrogens with zero attached hydrogens (tertiary/aromatic N) is 3. The summed E-state index contributed by atoms with van der Waals surface area (Å²) < 4.78 is 1.72. The van der Waals surface area contributed by atoms with Gasteiger partial charge in [0.25, 0.3) is 0 Å². The fraction of sp³-hybridized carbons (Fsp3) is 0.0769. The lowest BCUT2D eigenvalue weighted by atomic mass is 10.2. The van der Waals surface area contributed by atoms with E-state index in [-0.39, 0.29) is 0 Å².